The first-order valence-electron chi connectivity index (χ1n) is 19.5. The molecule has 3 nitrogen and oxygen atoms in total. The fourth-order valence-electron chi connectivity index (χ4n) is 6.80. The van der Waals surface area contributed by atoms with Gasteiger partial charge >= 0.3 is 0 Å². The molecule has 0 spiro atoms. The van der Waals surface area contributed by atoms with Crippen LogP contribution in [-0.4, -0.2) is 6.21 Å². The van der Waals surface area contributed by atoms with Crippen LogP contribution in [0.25, 0.3) is 11.6 Å². The highest BCUT2D eigenvalue weighted by atomic mass is 15.5. The van der Waals surface area contributed by atoms with E-state index in [1.54, 1.807) is 0 Å². The maximum atomic E-state index is 5.08. The van der Waals surface area contributed by atoms with E-state index in [2.05, 4.69) is 241 Å². The van der Waals surface area contributed by atoms with Crippen molar-refractivity contribution in [1.29, 1.82) is 0 Å². The summed E-state index contributed by atoms with van der Waals surface area (Å²) in [6.45, 7) is 13.5. The summed E-state index contributed by atoms with van der Waals surface area (Å²) in [5.41, 5.74) is 13.7. The summed E-state index contributed by atoms with van der Waals surface area (Å²) >= 11 is 0. The van der Waals surface area contributed by atoms with Crippen molar-refractivity contribution < 1.29 is 0 Å². The first-order chi connectivity index (χ1) is 27.0. The second kappa shape index (κ2) is 16.5. The zero-order valence-electron chi connectivity index (χ0n) is 33.4. The zero-order chi connectivity index (χ0) is 39.1. The summed E-state index contributed by atoms with van der Waals surface area (Å²) in [6, 6.07) is 66.7. The number of nitrogens with zero attached hydrogens (tertiary/aromatic N) is 3. The summed E-state index contributed by atoms with van der Waals surface area (Å²) in [4.78, 5) is 2.30. The molecule has 0 aliphatic carbocycles. The Bertz CT molecular complexity index is 2260. The van der Waals surface area contributed by atoms with Crippen LogP contribution in [0.4, 0.5) is 28.4 Å². The van der Waals surface area contributed by atoms with E-state index in [0.29, 0.717) is 0 Å². The molecule has 3 heteroatoms. The molecular weight excluding hydrogens is 679 g/mol. The topological polar surface area (TPSA) is 18.8 Å². The molecule has 7 rings (SSSR count). The highest BCUT2D eigenvalue weighted by Gasteiger charge is 2.18. The van der Waals surface area contributed by atoms with Crippen LogP contribution in [0.1, 0.15) is 74.9 Å². The molecule has 0 heterocycles. The quantitative estimate of drug-likeness (QED) is 0.0793. The normalized spacial score (nSPS) is 11.7. The molecule has 7 aromatic carbocycles. The van der Waals surface area contributed by atoms with Crippen molar-refractivity contribution in [2.24, 2.45) is 5.10 Å². The fraction of sp³-hybridized carbons (Fsp3) is 0.151. The number of benzene rings is 7. The van der Waals surface area contributed by atoms with Gasteiger partial charge in [0.15, 0.2) is 0 Å². The monoisotopic (exact) mass is 729 g/mol. The van der Waals surface area contributed by atoms with E-state index in [0.717, 1.165) is 39.6 Å². The average Bonchev–Trinajstić information content (AvgIpc) is 3.22. The molecule has 0 bridgehead atoms. The Morgan fingerprint density at radius 3 is 1.16 bits per heavy atom. The van der Waals surface area contributed by atoms with E-state index in [9.17, 15) is 0 Å². The lowest BCUT2D eigenvalue weighted by molar-refractivity contribution is 0.590. The smallest absolute Gasteiger partial charge is 0.0652 e. The number of hydrazone groups is 1. The maximum Gasteiger partial charge on any atom is 0.0652 e. The molecule has 0 amide bonds. The first-order valence-corrected chi connectivity index (χ1v) is 19.5. The van der Waals surface area contributed by atoms with Crippen molar-refractivity contribution in [1.82, 2.24) is 0 Å². The largest absolute Gasteiger partial charge is 0.311 e. The van der Waals surface area contributed by atoms with E-state index in [-0.39, 0.29) is 10.8 Å². The molecular formula is C53H51N3. The SMILES string of the molecule is CC(C)(C)c1ccc(N(N=Cc2ccc(N(c3ccccc3)c3ccc(C=C(c4ccccc4)c4ccccc4)cc3)cc2)c2ccc(C(C)(C)C)cc2)cc1. The third-order valence-corrected chi connectivity index (χ3v) is 10.1. The van der Waals surface area contributed by atoms with Crippen molar-refractivity contribution >= 4 is 46.3 Å². The molecule has 278 valence electrons. The highest BCUT2D eigenvalue weighted by Crippen LogP contribution is 2.36. The molecule has 0 atom stereocenters. The Balaban J connectivity index is 1.19. The third kappa shape index (κ3) is 9.08. The summed E-state index contributed by atoms with van der Waals surface area (Å²) in [5.74, 6) is 0. The number of rotatable bonds is 10. The molecule has 0 unspecified atom stereocenters. The van der Waals surface area contributed by atoms with Gasteiger partial charge < -0.3 is 4.90 Å². The van der Waals surface area contributed by atoms with Crippen molar-refractivity contribution in [3.63, 3.8) is 0 Å². The summed E-state index contributed by atoms with van der Waals surface area (Å²) < 4.78 is 0. The second-order valence-electron chi connectivity index (χ2n) is 16.3. The van der Waals surface area contributed by atoms with Crippen molar-refractivity contribution in [3.8, 4) is 0 Å². The summed E-state index contributed by atoms with van der Waals surface area (Å²) in [5, 5.41) is 7.10. The molecule has 0 saturated heterocycles. The van der Waals surface area contributed by atoms with Gasteiger partial charge in [-0.1, -0.05) is 169 Å². The molecule has 0 N–H and O–H groups in total. The predicted octanol–water partition coefficient (Wildman–Crippen LogP) is 14.5. The van der Waals surface area contributed by atoms with Crippen LogP contribution in [-0.2, 0) is 10.8 Å². The number of hydrogen-bond acceptors (Lipinski definition) is 3. The van der Waals surface area contributed by atoms with E-state index in [1.165, 1.54) is 27.8 Å². The average molecular weight is 730 g/mol. The van der Waals surface area contributed by atoms with Crippen LogP contribution in [0.15, 0.2) is 193 Å². The molecule has 0 fully saturated rings. The van der Waals surface area contributed by atoms with E-state index < -0.39 is 0 Å². The minimum atomic E-state index is 0.0731. The van der Waals surface area contributed by atoms with Crippen molar-refractivity contribution in [2.75, 3.05) is 9.91 Å². The zero-order valence-corrected chi connectivity index (χ0v) is 33.4. The molecule has 0 aliphatic heterocycles. The second-order valence-corrected chi connectivity index (χ2v) is 16.3. The standard InChI is InChI=1S/C53H51N3/c1-52(2,3)44-26-34-49(35-27-44)56(50-36-28-45(29-37-50)53(4,5)6)54-39-41-24-32-48(33-25-41)55(46-20-14-9-15-21-46)47-30-22-40(23-31-47)38-51(42-16-10-7-11-17-42)43-18-12-8-13-19-43/h7-39H,1-6H3. The molecule has 56 heavy (non-hydrogen) atoms. The lowest BCUT2D eigenvalue weighted by Gasteiger charge is -2.26. The van der Waals surface area contributed by atoms with E-state index in [1.807, 2.05) is 11.2 Å². The Hall–Kier alpha value is -6.45. The van der Waals surface area contributed by atoms with Gasteiger partial charge in [0.1, 0.15) is 0 Å². The number of anilines is 5. The lowest BCUT2D eigenvalue weighted by Crippen LogP contribution is -2.14. The molecule has 0 radical (unpaired) electrons. The van der Waals surface area contributed by atoms with E-state index in [4.69, 9.17) is 5.10 Å². The highest BCUT2D eigenvalue weighted by molar-refractivity contribution is 5.92. The number of para-hydroxylation sites is 1. The van der Waals surface area contributed by atoms with Crippen LogP contribution in [0.3, 0.4) is 0 Å². The Labute approximate surface area is 333 Å². The van der Waals surface area contributed by atoms with Crippen molar-refractivity contribution in [2.45, 2.75) is 52.4 Å². The van der Waals surface area contributed by atoms with Crippen LogP contribution in [0, 0.1) is 0 Å². The maximum absolute atomic E-state index is 5.08. The van der Waals surface area contributed by atoms with Gasteiger partial charge in [-0.15, -0.1) is 0 Å². The minimum absolute atomic E-state index is 0.0731. The lowest BCUT2D eigenvalue weighted by atomic mass is 9.87. The van der Waals surface area contributed by atoms with Crippen LogP contribution in [0.2, 0.25) is 0 Å². The Morgan fingerprint density at radius 1 is 0.393 bits per heavy atom. The van der Waals surface area contributed by atoms with Gasteiger partial charge in [-0.3, -0.25) is 0 Å². The van der Waals surface area contributed by atoms with E-state index >= 15 is 0 Å². The van der Waals surface area contributed by atoms with Gasteiger partial charge in [0, 0.05) is 17.1 Å². The van der Waals surface area contributed by atoms with Crippen LogP contribution < -0.4 is 9.91 Å². The van der Waals surface area contributed by atoms with Gasteiger partial charge in [0.2, 0.25) is 0 Å². The molecule has 0 aromatic heterocycles. The van der Waals surface area contributed by atoms with Crippen molar-refractivity contribution in [3.05, 3.63) is 221 Å². The Kier molecular flexibility index (Phi) is 11.2. The predicted molar refractivity (Wildman–Crippen MR) is 241 cm³/mol. The fourth-order valence-corrected chi connectivity index (χ4v) is 6.80. The van der Waals surface area contributed by atoms with Crippen LogP contribution >= 0.6 is 0 Å². The van der Waals surface area contributed by atoms with Gasteiger partial charge in [0.05, 0.1) is 17.6 Å². The molecule has 0 saturated carbocycles. The first kappa shape index (κ1) is 37.8. The number of hydrogen-bond donors (Lipinski definition) is 0. The molecule has 7 aromatic rings. The third-order valence-electron chi connectivity index (χ3n) is 10.1. The van der Waals surface area contributed by atoms with Crippen LogP contribution in [0.5, 0.6) is 0 Å². The van der Waals surface area contributed by atoms with Gasteiger partial charge in [-0.25, -0.2) is 5.01 Å². The summed E-state index contributed by atoms with van der Waals surface area (Å²) in [6.07, 6.45) is 4.22. The summed E-state index contributed by atoms with van der Waals surface area (Å²) in [7, 11) is 0. The van der Waals surface area contributed by atoms with Gasteiger partial charge in [-0.2, -0.15) is 5.10 Å². The Morgan fingerprint density at radius 2 is 0.750 bits per heavy atom. The van der Waals surface area contributed by atoms with Gasteiger partial charge in [0.25, 0.3) is 0 Å². The van der Waals surface area contributed by atoms with Gasteiger partial charge in [-0.05, 0) is 117 Å². The molecule has 0 aliphatic rings. The minimum Gasteiger partial charge on any atom is -0.311 e.